The van der Waals surface area contributed by atoms with Crippen molar-refractivity contribution in [2.75, 3.05) is 0 Å². The van der Waals surface area contributed by atoms with Crippen LogP contribution >= 0.6 is 23.2 Å². The first-order valence-electron chi connectivity index (χ1n) is 7.05. The molecule has 3 nitrogen and oxygen atoms in total. The Morgan fingerprint density at radius 1 is 1.24 bits per heavy atom. The fourth-order valence-corrected chi connectivity index (χ4v) is 3.36. The zero-order valence-corrected chi connectivity index (χ0v) is 13.3. The number of aromatic nitrogens is 1. The number of rotatable bonds is 2. The van der Waals surface area contributed by atoms with E-state index in [0.29, 0.717) is 21.1 Å². The molecule has 3 rings (SSSR count). The highest BCUT2D eigenvalue weighted by atomic mass is 35.5. The van der Waals surface area contributed by atoms with E-state index in [2.05, 4.69) is 17.2 Å². The minimum Gasteiger partial charge on any atom is -0.347 e. The minimum absolute atomic E-state index is 0.0719. The Morgan fingerprint density at radius 2 is 1.95 bits per heavy atom. The molecule has 0 aliphatic heterocycles. The fraction of sp³-hybridized carbons (Fsp3) is 0.375. The molecule has 0 radical (unpaired) electrons. The van der Waals surface area contributed by atoms with Gasteiger partial charge >= 0.3 is 0 Å². The Balaban J connectivity index is 1.94. The van der Waals surface area contributed by atoms with Crippen LogP contribution in [0.5, 0.6) is 0 Å². The monoisotopic (exact) mass is 322 g/mol. The number of carbonyl (C=O) groups is 1. The number of halogens is 2. The van der Waals surface area contributed by atoms with Crippen LogP contribution in [0.4, 0.5) is 0 Å². The van der Waals surface area contributed by atoms with Crippen molar-refractivity contribution in [3.63, 3.8) is 0 Å². The van der Waals surface area contributed by atoms with Crippen molar-refractivity contribution < 1.29 is 4.79 Å². The van der Waals surface area contributed by atoms with E-state index in [4.69, 9.17) is 23.2 Å². The fourth-order valence-electron chi connectivity index (χ4n) is 2.94. The largest absolute Gasteiger partial charge is 0.347 e. The number of benzene rings is 1. The quantitative estimate of drug-likeness (QED) is 0.821. The molecule has 1 aliphatic carbocycles. The van der Waals surface area contributed by atoms with E-state index in [1.807, 2.05) is 6.07 Å². The number of carbonyl (C=O) groups excluding carboxylic acids is 1. The lowest BCUT2D eigenvalue weighted by molar-refractivity contribution is 0.0908. The summed E-state index contributed by atoms with van der Waals surface area (Å²) in [7, 11) is 0. The molecule has 1 heterocycles. The Bertz CT molecular complexity index is 709. The van der Waals surface area contributed by atoms with Gasteiger partial charge in [0.1, 0.15) is 5.15 Å². The summed E-state index contributed by atoms with van der Waals surface area (Å²) in [4.78, 5) is 16.5. The third-order valence-electron chi connectivity index (χ3n) is 4.17. The van der Waals surface area contributed by atoms with Crippen LogP contribution in [0.3, 0.4) is 0 Å². The van der Waals surface area contributed by atoms with Crippen molar-refractivity contribution in [2.24, 2.45) is 0 Å². The van der Waals surface area contributed by atoms with Gasteiger partial charge in [-0.25, -0.2) is 4.98 Å². The maximum absolute atomic E-state index is 12.4. The first-order chi connectivity index (χ1) is 9.98. The summed E-state index contributed by atoms with van der Waals surface area (Å²) in [6.45, 7) is 2.10. The molecule has 110 valence electrons. The molecule has 0 unspecified atom stereocenters. The van der Waals surface area contributed by atoms with Gasteiger partial charge < -0.3 is 5.32 Å². The molecule has 0 atom stereocenters. The highest BCUT2D eigenvalue weighted by Gasteiger charge is 2.30. The Labute approximate surface area is 133 Å². The van der Waals surface area contributed by atoms with E-state index in [-0.39, 0.29) is 11.4 Å². The van der Waals surface area contributed by atoms with Gasteiger partial charge in [0.05, 0.1) is 5.02 Å². The molecule has 1 fully saturated rings. The van der Waals surface area contributed by atoms with Crippen LogP contribution in [0.1, 0.15) is 43.0 Å². The van der Waals surface area contributed by atoms with Gasteiger partial charge in [0.15, 0.2) is 0 Å². The number of nitrogens with one attached hydrogen (secondary N) is 1. The van der Waals surface area contributed by atoms with Crippen molar-refractivity contribution in [3.05, 3.63) is 40.1 Å². The number of hydrogen-bond acceptors (Lipinski definition) is 2. The first-order valence-corrected chi connectivity index (χ1v) is 7.80. The molecule has 2 aromatic rings. The number of hydrogen-bond donors (Lipinski definition) is 1. The Morgan fingerprint density at radius 3 is 2.67 bits per heavy atom. The number of fused-ring (bicyclic) bond motifs is 1. The SMILES string of the molecule is CC1(NC(=O)c2ccc3c(Cl)cnc(Cl)c3c2)CCCC1. The van der Waals surface area contributed by atoms with Crippen LogP contribution in [0, 0.1) is 0 Å². The van der Waals surface area contributed by atoms with Crippen molar-refractivity contribution >= 4 is 39.9 Å². The molecule has 0 spiro atoms. The predicted octanol–water partition coefficient (Wildman–Crippen LogP) is 4.60. The molecule has 1 amide bonds. The van der Waals surface area contributed by atoms with Crippen molar-refractivity contribution in [2.45, 2.75) is 38.1 Å². The molecule has 1 aromatic heterocycles. The molecule has 0 saturated heterocycles. The Hall–Kier alpha value is -1.32. The third kappa shape index (κ3) is 2.85. The van der Waals surface area contributed by atoms with E-state index in [1.54, 1.807) is 12.1 Å². The van der Waals surface area contributed by atoms with Crippen molar-refractivity contribution in [1.29, 1.82) is 0 Å². The second kappa shape index (κ2) is 5.47. The zero-order valence-electron chi connectivity index (χ0n) is 11.7. The summed E-state index contributed by atoms with van der Waals surface area (Å²) < 4.78 is 0. The van der Waals surface area contributed by atoms with Gasteiger partial charge in [-0.05, 0) is 31.9 Å². The van der Waals surface area contributed by atoms with Crippen LogP contribution in [0.25, 0.3) is 10.8 Å². The van der Waals surface area contributed by atoms with Gasteiger partial charge in [-0.3, -0.25) is 4.79 Å². The maximum atomic E-state index is 12.4. The lowest BCUT2D eigenvalue weighted by Crippen LogP contribution is -2.43. The van der Waals surface area contributed by atoms with Crippen molar-refractivity contribution in [3.8, 4) is 0 Å². The average molecular weight is 323 g/mol. The molecule has 21 heavy (non-hydrogen) atoms. The first kappa shape index (κ1) is 14.6. The summed E-state index contributed by atoms with van der Waals surface area (Å²) in [5.41, 5.74) is 0.490. The van der Waals surface area contributed by atoms with Crippen molar-refractivity contribution in [1.82, 2.24) is 10.3 Å². The van der Waals surface area contributed by atoms with Crippen LogP contribution < -0.4 is 5.32 Å². The topological polar surface area (TPSA) is 42.0 Å². The molecule has 5 heteroatoms. The van der Waals surface area contributed by atoms with Gasteiger partial charge in [0.2, 0.25) is 0 Å². The van der Waals surface area contributed by atoms with Gasteiger partial charge in [0.25, 0.3) is 5.91 Å². The highest BCUT2D eigenvalue weighted by molar-refractivity contribution is 6.39. The average Bonchev–Trinajstić information content (AvgIpc) is 2.89. The molecule has 1 N–H and O–H groups in total. The van der Waals surface area contributed by atoms with Crippen LogP contribution in [0.15, 0.2) is 24.4 Å². The van der Waals surface area contributed by atoms with E-state index < -0.39 is 0 Å². The lowest BCUT2D eigenvalue weighted by atomic mass is 9.99. The number of nitrogens with zero attached hydrogens (tertiary/aromatic N) is 1. The minimum atomic E-state index is -0.0948. The van der Waals surface area contributed by atoms with Gasteiger partial charge in [-0.2, -0.15) is 0 Å². The predicted molar refractivity (Wildman–Crippen MR) is 86.1 cm³/mol. The summed E-state index contributed by atoms with van der Waals surface area (Å²) in [6.07, 6.45) is 5.91. The molecular formula is C16H16Cl2N2O. The smallest absolute Gasteiger partial charge is 0.251 e. The summed E-state index contributed by atoms with van der Waals surface area (Å²) in [5, 5.41) is 5.53. The molecule has 0 bridgehead atoms. The molecule has 1 saturated carbocycles. The summed E-state index contributed by atoms with van der Waals surface area (Å²) in [5.74, 6) is -0.0719. The van der Waals surface area contributed by atoms with E-state index in [0.717, 1.165) is 18.2 Å². The molecular weight excluding hydrogens is 307 g/mol. The molecule has 1 aliphatic rings. The standard InChI is InChI=1S/C16H16Cl2N2O/c1-16(6-2-3-7-16)20-15(21)10-4-5-11-12(8-10)14(18)19-9-13(11)17/h4-5,8-9H,2-3,6-7H2,1H3,(H,20,21). The maximum Gasteiger partial charge on any atom is 0.251 e. The number of pyridine rings is 1. The van der Waals surface area contributed by atoms with Gasteiger partial charge in [-0.15, -0.1) is 0 Å². The summed E-state index contributed by atoms with van der Waals surface area (Å²) >= 11 is 12.2. The second-order valence-corrected chi connectivity index (χ2v) is 6.64. The highest BCUT2D eigenvalue weighted by Crippen LogP contribution is 2.31. The molecule has 1 aromatic carbocycles. The van der Waals surface area contributed by atoms with Crippen LogP contribution in [-0.2, 0) is 0 Å². The van der Waals surface area contributed by atoms with Gasteiger partial charge in [0, 0.05) is 28.1 Å². The van der Waals surface area contributed by atoms with E-state index in [1.165, 1.54) is 19.0 Å². The van der Waals surface area contributed by atoms with E-state index in [9.17, 15) is 4.79 Å². The lowest BCUT2D eigenvalue weighted by Gasteiger charge is -2.25. The van der Waals surface area contributed by atoms with Crippen LogP contribution in [-0.4, -0.2) is 16.4 Å². The summed E-state index contributed by atoms with van der Waals surface area (Å²) in [6, 6.07) is 5.35. The van der Waals surface area contributed by atoms with E-state index >= 15 is 0 Å². The number of amides is 1. The second-order valence-electron chi connectivity index (χ2n) is 5.88. The van der Waals surface area contributed by atoms with Gasteiger partial charge in [-0.1, -0.05) is 42.1 Å². The third-order valence-corrected chi connectivity index (χ3v) is 4.78. The van der Waals surface area contributed by atoms with Crippen LogP contribution in [0.2, 0.25) is 10.2 Å². The zero-order chi connectivity index (χ0) is 15.0. The Kier molecular flexibility index (Phi) is 3.80. The normalized spacial score (nSPS) is 17.1.